The minimum atomic E-state index is -4.58. The van der Waals surface area contributed by atoms with Gasteiger partial charge >= 0.3 is 6.18 Å². The number of nitrogens with one attached hydrogen (secondary N) is 1. The molecule has 7 heterocycles. The molecule has 5 aliphatic heterocycles. The number of hydrogen-bond donors (Lipinski definition) is 1. The Morgan fingerprint density at radius 2 is 1.70 bits per heavy atom. The highest BCUT2D eigenvalue weighted by molar-refractivity contribution is 6.07. The van der Waals surface area contributed by atoms with Crippen LogP contribution < -0.4 is 9.64 Å². The predicted molar refractivity (Wildman–Crippen MR) is 213 cm³/mol. The average Bonchev–Trinajstić information content (AvgIpc) is 3.72. The smallest absolute Gasteiger partial charge is 0.422 e. The summed E-state index contributed by atoms with van der Waals surface area (Å²) in [6.07, 6.45) is 8.68. The third-order valence-corrected chi connectivity index (χ3v) is 13.8. The zero-order valence-electron chi connectivity index (χ0n) is 32.4. The summed E-state index contributed by atoms with van der Waals surface area (Å²) in [7, 11) is 2.28. The van der Waals surface area contributed by atoms with Gasteiger partial charge in [0.1, 0.15) is 17.2 Å². The maximum Gasteiger partial charge on any atom is 0.422 e. The van der Waals surface area contributed by atoms with Crippen LogP contribution in [0.5, 0.6) is 5.75 Å². The van der Waals surface area contributed by atoms with E-state index in [0.29, 0.717) is 72.2 Å². The fourth-order valence-electron chi connectivity index (χ4n) is 10.6. The minimum absolute atomic E-state index is 0.0424. The zero-order chi connectivity index (χ0) is 38.9. The maximum atomic E-state index is 14.1. The summed E-state index contributed by atoms with van der Waals surface area (Å²) < 4.78 is 48.3. The highest BCUT2D eigenvalue weighted by atomic mass is 19.4. The average molecular weight is 769 g/mol. The van der Waals surface area contributed by atoms with Crippen molar-refractivity contribution >= 4 is 39.6 Å². The summed E-state index contributed by atoms with van der Waals surface area (Å²) in [5.74, 6) is 1.48. The number of likely N-dealkylation sites (tertiary alicyclic amines) is 2. The van der Waals surface area contributed by atoms with E-state index in [1.165, 1.54) is 31.8 Å². The third-order valence-electron chi connectivity index (χ3n) is 13.8. The van der Waals surface area contributed by atoms with Gasteiger partial charge in [-0.3, -0.25) is 9.89 Å². The van der Waals surface area contributed by atoms with Gasteiger partial charge in [-0.2, -0.15) is 18.3 Å². The van der Waals surface area contributed by atoms with Crippen LogP contribution in [0.4, 0.5) is 19.0 Å². The molecule has 0 aliphatic carbocycles. The molecule has 4 aromatic rings. The van der Waals surface area contributed by atoms with Crippen molar-refractivity contribution in [2.75, 3.05) is 57.8 Å². The van der Waals surface area contributed by atoms with Crippen LogP contribution in [-0.2, 0) is 4.79 Å². The molecule has 5 aliphatic rings. The summed E-state index contributed by atoms with van der Waals surface area (Å²) in [6.45, 7) is 13.0. The number of aromatic amines is 1. The van der Waals surface area contributed by atoms with Crippen molar-refractivity contribution in [1.29, 1.82) is 0 Å². The number of aryl methyl sites for hydroxylation is 1. The number of benzene rings is 2. The molecule has 5 fully saturated rings. The Labute approximate surface area is 325 Å². The van der Waals surface area contributed by atoms with Gasteiger partial charge in [0, 0.05) is 72.0 Å². The number of piperidine rings is 3. The lowest BCUT2D eigenvalue weighted by Gasteiger charge is -2.54. The second-order valence-corrected chi connectivity index (χ2v) is 17.0. The van der Waals surface area contributed by atoms with Crippen LogP contribution in [0.25, 0.3) is 39.0 Å². The second kappa shape index (κ2) is 14.2. The molecule has 10 nitrogen and oxygen atoms in total. The molecular formula is C43H51F3N8O2. The first-order valence-electron chi connectivity index (χ1n) is 20.2. The lowest BCUT2D eigenvalue weighted by molar-refractivity contribution is -0.153. The van der Waals surface area contributed by atoms with E-state index < -0.39 is 12.8 Å². The van der Waals surface area contributed by atoms with E-state index >= 15 is 0 Å². The largest absolute Gasteiger partial charge is 0.481 e. The number of hydrogen-bond acceptors (Lipinski definition) is 8. The molecule has 0 radical (unpaired) electrons. The number of ether oxygens (including phenoxy) is 1. The minimum Gasteiger partial charge on any atom is -0.481 e. The molecule has 13 heteroatoms. The number of fused-ring (bicyclic) bond motifs is 4. The van der Waals surface area contributed by atoms with Crippen LogP contribution in [0.1, 0.15) is 74.2 Å². The quantitative estimate of drug-likeness (QED) is 0.185. The van der Waals surface area contributed by atoms with Gasteiger partial charge in [0.05, 0.1) is 11.7 Å². The highest BCUT2D eigenvalue weighted by Crippen LogP contribution is 2.48. The van der Waals surface area contributed by atoms with E-state index in [1.807, 2.05) is 30.0 Å². The first kappa shape index (κ1) is 37.1. The van der Waals surface area contributed by atoms with Gasteiger partial charge in [-0.05, 0) is 113 Å². The summed E-state index contributed by atoms with van der Waals surface area (Å²) in [4.78, 5) is 32.2. The van der Waals surface area contributed by atoms with Crippen LogP contribution >= 0.6 is 0 Å². The normalized spacial score (nSPS) is 24.6. The van der Waals surface area contributed by atoms with Gasteiger partial charge in [0.2, 0.25) is 5.91 Å². The van der Waals surface area contributed by atoms with Gasteiger partial charge < -0.3 is 24.3 Å². The number of alkyl halides is 3. The summed E-state index contributed by atoms with van der Waals surface area (Å²) in [6, 6.07) is 7.75. The zero-order valence-corrected chi connectivity index (χ0v) is 32.4. The lowest BCUT2D eigenvalue weighted by atomic mass is 9.72. The first-order chi connectivity index (χ1) is 26.9. The molecule has 56 heavy (non-hydrogen) atoms. The Morgan fingerprint density at radius 1 is 0.982 bits per heavy atom. The standard InChI is InChI=1S/C43H51F3N8O2/c1-5-27-19-32-38(39(56-25-43(44,45)46)37(27)36-26(3)7-10-34-33(36)22-47-50-34)48-40(28-11-15-52(16-12-28)31-20-29-8-9-30(21-31)51(29)4)49-41(32)53-17-13-42(14-18-53)23-54(24-42)35(55)6-2/h5-7,10,19,22,28-31H,1-2,8-9,11-18,20-21,23-25H2,3-4H3,(H,47,50). The van der Waals surface area contributed by atoms with Crippen LogP contribution in [0.15, 0.2) is 43.6 Å². The summed E-state index contributed by atoms with van der Waals surface area (Å²) in [5.41, 5.74) is 3.95. The highest BCUT2D eigenvalue weighted by Gasteiger charge is 2.47. The number of halogens is 3. The topological polar surface area (TPSA) is 93.7 Å². The number of amides is 1. The van der Waals surface area contributed by atoms with Crippen molar-refractivity contribution in [2.24, 2.45) is 5.41 Å². The summed E-state index contributed by atoms with van der Waals surface area (Å²) in [5, 5.41) is 8.71. The van der Waals surface area contributed by atoms with Crippen molar-refractivity contribution in [3.05, 3.63) is 60.6 Å². The third kappa shape index (κ3) is 6.54. The van der Waals surface area contributed by atoms with Crippen molar-refractivity contribution in [1.82, 2.24) is 34.9 Å². The van der Waals surface area contributed by atoms with E-state index in [4.69, 9.17) is 14.7 Å². The van der Waals surface area contributed by atoms with Crippen LogP contribution in [0.2, 0.25) is 0 Å². The van der Waals surface area contributed by atoms with Crippen molar-refractivity contribution in [2.45, 2.75) is 88.5 Å². The number of nitrogens with zero attached hydrogens (tertiary/aromatic N) is 7. The molecular weight excluding hydrogens is 718 g/mol. The van der Waals surface area contributed by atoms with Gasteiger partial charge in [-0.1, -0.05) is 25.3 Å². The number of H-pyrrole nitrogens is 1. The van der Waals surface area contributed by atoms with E-state index in [1.54, 1.807) is 12.3 Å². The molecule has 1 spiro atoms. The predicted octanol–water partition coefficient (Wildman–Crippen LogP) is 7.49. The van der Waals surface area contributed by atoms with Gasteiger partial charge in [-0.15, -0.1) is 0 Å². The van der Waals surface area contributed by atoms with Crippen LogP contribution in [0.3, 0.4) is 0 Å². The van der Waals surface area contributed by atoms with E-state index in [-0.39, 0.29) is 23.0 Å². The molecule has 2 atom stereocenters. The molecule has 2 unspecified atom stereocenters. The Hall–Kier alpha value is -4.49. The molecule has 2 aromatic carbocycles. The van der Waals surface area contributed by atoms with Crippen LogP contribution in [0, 0.1) is 12.3 Å². The molecule has 0 saturated carbocycles. The number of aromatic nitrogens is 4. The molecule has 2 aromatic heterocycles. The van der Waals surface area contributed by atoms with E-state index in [0.717, 1.165) is 66.6 Å². The molecule has 1 amide bonds. The first-order valence-corrected chi connectivity index (χ1v) is 20.2. The maximum absolute atomic E-state index is 14.1. The number of carbonyl (C=O) groups excluding carboxylic acids is 1. The van der Waals surface area contributed by atoms with Gasteiger partial charge in [0.15, 0.2) is 12.4 Å². The number of rotatable bonds is 8. The second-order valence-electron chi connectivity index (χ2n) is 17.0. The molecule has 296 valence electrons. The Morgan fingerprint density at radius 3 is 2.36 bits per heavy atom. The Balaban J connectivity index is 1.13. The monoisotopic (exact) mass is 768 g/mol. The fraction of sp³-hybridized carbons (Fsp3) is 0.535. The Bertz CT molecular complexity index is 2160. The lowest BCUT2D eigenvalue weighted by Crippen LogP contribution is -2.61. The van der Waals surface area contributed by atoms with Gasteiger partial charge in [0.25, 0.3) is 0 Å². The fourth-order valence-corrected chi connectivity index (χ4v) is 10.6. The molecule has 1 N–H and O–H groups in total. The number of carbonyl (C=O) groups is 1. The van der Waals surface area contributed by atoms with Crippen molar-refractivity contribution in [3.63, 3.8) is 0 Å². The SMILES string of the molecule is C=CC(=O)N1CC2(CCN(c3nc(C4CCN(C5CC6CCC(C5)N6C)CC4)nc4c(OCC(F)(F)F)c(-c5c(C)ccc6[nH]ncc56)c(C=C)cc34)CC2)C1. The van der Waals surface area contributed by atoms with E-state index in [2.05, 4.69) is 45.1 Å². The number of anilines is 1. The summed E-state index contributed by atoms with van der Waals surface area (Å²) >= 11 is 0. The van der Waals surface area contributed by atoms with Crippen molar-refractivity contribution in [3.8, 4) is 16.9 Å². The van der Waals surface area contributed by atoms with Crippen molar-refractivity contribution < 1.29 is 22.7 Å². The Kier molecular flexibility index (Phi) is 9.38. The van der Waals surface area contributed by atoms with Gasteiger partial charge in [-0.25, -0.2) is 9.97 Å². The van der Waals surface area contributed by atoms with Crippen LogP contribution in [-0.4, -0.2) is 118 Å². The molecule has 5 saturated heterocycles. The van der Waals surface area contributed by atoms with E-state index in [9.17, 15) is 18.0 Å². The molecule has 9 rings (SSSR count). The molecule has 2 bridgehead atoms.